The van der Waals surface area contributed by atoms with Crippen molar-refractivity contribution in [2.24, 2.45) is 16.7 Å². The Morgan fingerprint density at radius 1 is 0.763 bits per heavy atom. The van der Waals surface area contributed by atoms with Crippen LogP contribution in [0.1, 0.15) is 75.2 Å². The van der Waals surface area contributed by atoms with E-state index in [0.717, 1.165) is 31.4 Å². The molecule has 6 unspecified atom stereocenters. The lowest BCUT2D eigenvalue weighted by Crippen LogP contribution is -2.46. The standard InChI is InChI=1S/C47H61IO11/c1-29(15-12-16-30(2)20-22-36-32(4)41(53)38(51)24-46(36,6)7)14-10-11-18-35(48)19-13-17-31(3)21-23-37-33(5)42(54)40(25-47(37,8)9)59-45(57)58-28-39(52)44(56)43(55)34(26-49)27-50/h10-23,26,34,38-40,43-44,50-52,55-56H,24-25,27-28H2,1-9H3/b11-10+,15-12+,19-13+,22-20+,23-21+,29-14+,30-16+,31-17+,35-18-. The van der Waals surface area contributed by atoms with Gasteiger partial charge < -0.3 is 39.8 Å². The average Bonchev–Trinajstić information content (AvgIpc) is 3.16. The Morgan fingerprint density at radius 2 is 1.25 bits per heavy atom. The van der Waals surface area contributed by atoms with E-state index in [2.05, 4.69) is 22.6 Å². The van der Waals surface area contributed by atoms with Crippen molar-refractivity contribution in [3.05, 3.63) is 128 Å². The summed E-state index contributed by atoms with van der Waals surface area (Å²) in [5.41, 5.74) is 5.02. The van der Waals surface area contributed by atoms with Crippen molar-refractivity contribution in [2.75, 3.05) is 13.2 Å². The molecule has 322 valence electrons. The summed E-state index contributed by atoms with van der Waals surface area (Å²) >= 11 is 2.25. The normalized spacial score (nSPS) is 23.3. The molecular formula is C47H61IO11. The zero-order valence-corrected chi connectivity index (χ0v) is 37.7. The fraction of sp³-hybridized carbons (Fsp3) is 0.447. The molecule has 5 N–H and O–H groups in total. The van der Waals surface area contributed by atoms with Crippen LogP contribution in [0.3, 0.4) is 0 Å². The van der Waals surface area contributed by atoms with Gasteiger partial charge in [0.2, 0.25) is 0 Å². The Hall–Kier alpha value is -4.05. The smallest absolute Gasteiger partial charge is 0.431 e. The summed E-state index contributed by atoms with van der Waals surface area (Å²) in [5.74, 6) is -1.93. The minimum atomic E-state index is -1.88. The first kappa shape index (κ1) is 51.1. The number of aldehydes is 1. The molecule has 2 rings (SSSR count). The number of ketones is 2. The predicted octanol–water partition coefficient (Wildman–Crippen LogP) is 7.33. The zero-order valence-electron chi connectivity index (χ0n) is 35.5. The molecule has 2 aliphatic carbocycles. The molecule has 0 bridgehead atoms. The van der Waals surface area contributed by atoms with Crippen LogP contribution in [-0.2, 0) is 23.9 Å². The third-order valence-corrected chi connectivity index (χ3v) is 11.0. The van der Waals surface area contributed by atoms with Crippen LogP contribution in [0.2, 0.25) is 0 Å². The summed E-state index contributed by atoms with van der Waals surface area (Å²) in [6, 6.07) is 0. The molecule has 11 nitrogen and oxygen atoms in total. The van der Waals surface area contributed by atoms with Crippen molar-refractivity contribution >= 4 is 46.6 Å². The molecule has 0 aromatic heterocycles. The van der Waals surface area contributed by atoms with E-state index in [1.165, 1.54) is 0 Å². The van der Waals surface area contributed by atoms with Gasteiger partial charge in [-0.3, -0.25) is 9.59 Å². The number of carbonyl (C=O) groups excluding carboxylic acids is 4. The number of ether oxygens (including phenoxy) is 2. The second-order valence-electron chi connectivity index (χ2n) is 16.2. The molecule has 0 radical (unpaired) electrons. The maximum Gasteiger partial charge on any atom is 0.509 e. The quantitative estimate of drug-likeness (QED) is 0.0401. The van der Waals surface area contributed by atoms with Crippen LogP contribution in [0.15, 0.2) is 128 Å². The fourth-order valence-electron chi connectivity index (χ4n) is 6.69. The molecule has 0 heterocycles. The second kappa shape index (κ2) is 23.7. The minimum absolute atomic E-state index is 0.174. The molecule has 0 fully saturated rings. The van der Waals surface area contributed by atoms with E-state index in [1.54, 1.807) is 13.8 Å². The second-order valence-corrected chi connectivity index (χ2v) is 17.5. The SMILES string of the molecule is CC1=C(/C=C/C(C)=C/C=C/C(C)=C/C=C/C=C(I)/C=C/C=C(C)/C=C/C2=C(C)C(=O)C(OC(=O)OCC(O)C(O)C(O)C(C=O)CO)CC2(C)C)C(C)(C)CC(O)C1=O. The molecule has 6 atom stereocenters. The topological polar surface area (TPSA) is 188 Å². The van der Waals surface area contributed by atoms with Crippen LogP contribution in [0.5, 0.6) is 0 Å². The van der Waals surface area contributed by atoms with Crippen molar-refractivity contribution in [3.63, 3.8) is 0 Å². The van der Waals surface area contributed by atoms with E-state index in [1.807, 2.05) is 134 Å². The fourth-order valence-corrected chi connectivity index (χ4v) is 7.10. The lowest BCUT2D eigenvalue weighted by molar-refractivity contribution is -0.132. The van der Waals surface area contributed by atoms with Gasteiger partial charge in [-0.2, -0.15) is 0 Å². The Balaban J connectivity index is 1.96. The minimum Gasteiger partial charge on any atom is -0.431 e. The summed E-state index contributed by atoms with van der Waals surface area (Å²) in [7, 11) is 0. The molecule has 0 saturated carbocycles. The Labute approximate surface area is 362 Å². The van der Waals surface area contributed by atoms with Gasteiger partial charge in [-0.25, -0.2) is 4.79 Å². The van der Waals surface area contributed by atoms with E-state index < -0.39 is 67.0 Å². The highest BCUT2D eigenvalue weighted by atomic mass is 127. The zero-order chi connectivity index (χ0) is 44.7. The molecule has 0 aromatic rings. The van der Waals surface area contributed by atoms with Crippen molar-refractivity contribution in [2.45, 2.75) is 106 Å². The number of allylic oxidation sites excluding steroid dienone is 20. The molecule has 0 spiro atoms. The van der Waals surface area contributed by atoms with Crippen LogP contribution in [-0.4, -0.2) is 93.3 Å². The maximum absolute atomic E-state index is 13.2. The first-order valence-corrected chi connectivity index (χ1v) is 20.5. The number of halogens is 1. The molecule has 0 amide bonds. The highest BCUT2D eigenvalue weighted by molar-refractivity contribution is 14.1. The van der Waals surface area contributed by atoms with E-state index in [4.69, 9.17) is 14.6 Å². The number of aliphatic hydroxyl groups is 5. The first-order chi connectivity index (χ1) is 27.6. The number of aliphatic hydroxyl groups excluding tert-OH is 5. The van der Waals surface area contributed by atoms with Gasteiger partial charge in [-0.1, -0.05) is 117 Å². The predicted molar refractivity (Wildman–Crippen MR) is 238 cm³/mol. The Bertz CT molecular complexity index is 1890. The van der Waals surface area contributed by atoms with Crippen molar-refractivity contribution in [1.82, 2.24) is 0 Å². The summed E-state index contributed by atoms with van der Waals surface area (Å²) < 4.78 is 11.1. The van der Waals surface area contributed by atoms with Crippen molar-refractivity contribution in [1.29, 1.82) is 0 Å². The van der Waals surface area contributed by atoms with Crippen LogP contribution in [0, 0.1) is 16.7 Å². The van der Waals surface area contributed by atoms with Gasteiger partial charge in [0.25, 0.3) is 0 Å². The van der Waals surface area contributed by atoms with E-state index in [9.17, 15) is 39.6 Å². The molecule has 59 heavy (non-hydrogen) atoms. The van der Waals surface area contributed by atoms with Gasteiger partial charge in [-0.05, 0) is 109 Å². The Kier molecular flexibility index (Phi) is 20.5. The van der Waals surface area contributed by atoms with Crippen LogP contribution in [0.4, 0.5) is 4.79 Å². The lowest BCUT2D eigenvalue weighted by atomic mass is 9.71. The third-order valence-electron chi connectivity index (χ3n) is 10.3. The average molecular weight is 929 g/mol. The largest absolute Gasteiger partial charge is 0.509 e. The van der Waals surface area contributed by atoms with Crippen molar-refractivity contribution in [3.8, 4) is 0 Å². The first-order valence-electron chi connectivity index (χ1n) is 19.5. The van der Waals surface area contributed by atoms with Gasteiger partial charge in [0.1, 0.15) is 31.2 Å². The number of rotatable bonds is 18. The summed E-state index contributed by atoms with van der Waals surface area (Å²) in [6.45, 7) is 15.8. The number of hydrogen-bond donors (Lipinski definition) is 5. The lowest BCUT2D eigenvalue weighted by Gasteiger charge is -2.36. The molecule has 0 aliphatic heterocycles. The summed E-state index contributed by atoms with van der Waals surface area (Å²) in [4.78, 5) is 48.8. The molecule has 0 saturated heterocycles. The number of Topliss-reactive ketones (excluding diaryl/α,β-unsaturated/α-hetero) is 2. The number of hydrogen-bond acceptors (Lipinski definition) is 11. The number of carbonyl (C=O) groups is 4. The highest BCUT2D eigenvalue weighted by Gasteiger charge is 2.41. The maximum atomic E-state index is 13.2. The third kappa shape index (κ3) is 15.8. The van der Waals surface area contributed by atoms with Gasteiger partial charge in [-0.15, -0.1) is 0 Å². The monoisotopic (exact) mass is 928 g/mol. The van der Waals surface area contributed by atoms with Crippen LogP contribution < -0.4 is 0 Å². The van der Waals surface area contributed by atoms with Crippen LogP contribution in [0.25, 0.3) is 0 Å². The summed E-state index contributed by atoms with van der Waals surface area (Å²) in [5, 5.41) is 49.2. The Morgan fingerprint density at radius 3 is 1.81 bits per heavy atom. The van der Waals surface area contributed by atoms with Crippen molar-refractivity contribution < 1.29 is 54.2 Å². The molecular weight excluding hydrogens is 867 g/mol. The van der Waals surface area contributed by atoms with Gasteiger partial charge in [0.05, 0.1) is 18.6 Å². The van der Waals surface area contributed by atoms with Gasteiger partial charge >= 0.3 is 6.16 Å². The van der Waals surface area contributed by atoms with E-state index in [0.29, 0.717) is 17.6 Å². The van der Waals surface area contributed by atoms with E-state index >= 15 is 0 Å². The van der Waals surface area contributed by atoms with Gasteiger partial charge in [0, 0.05) is 10.0 Å². The van der Waals surface area contributed by atoms with Crippen LogP contribution >= 0.6 is 22.6 Å². The van der Waals surface area contributed by atoms with Gasteiger partial charge in [0.15, 0.2) is 17.7 Å². The molecule has 2 aliphatic rings. The molecule has 12 heteroatoms. The summed E-state index contributed by atoms with van der Waals surface area (Å²) in [6.07, 6.45) is 19.6. The molecule has 0 aromatic carbocycles. The van der Waals surface area contributed by atoms with E-state index in [-0.39, 0.29) is 23.9 Å². The highest BCUT2D eigenvalue weighted by Crippen LogP contribution is 2.41.